The average Bonchev–Trinajstić information content (AvgIpc) is 3.56. The molecule has 1 aliphatic rings. The highest BCUT2D eigenvalue weighted by Crippen LogP contribution is 2.49. The number of halogens is 1. The SMILES string of the molecule is CC(C)(C)OC(=O)Nc1ccc(C2C(CC=O)c3cc(-c4cc(Cl)ccc4-n4cnnn4)cc(=O)n3[C@@H]2C(=O)O)nc1. The first-order chi connectivity index (χ1) is 20.0. The van der Waals surface area contributed by atoms with E-state index in [2.05, 4.69) is 25.8 Å². The zero-order valence-corrected chi connectivity index (χ0v) is 23.5. The Morgan fingerprint density at radius 1 is 1.17 bits per heavy atom. The van der Waals surface area contributed by atoms with Crippen LogP contribution in [-0.2, 0) is 14.3 Å². The summed E-state index contributed by atoms with van der Waals surface area (Å²) in [4.78, 5) is 54.6. The Morgan fingerprint density at radius 3 is 2.57 bits per heavy atom. The maximum absolute atomic E-state index is 13.6. The number of anilines is 1. The normalized spacial score (nSPS) is 17.9. The molecule has 0 bridgehead atoms. The summed E-state index contributed by atoms with van der Waals surface area (Å²) in [5, 5.41) is 24.5. The Morgan fingerprint density at radius 2 is 1.95 bits per heavy atom. The monoisotopic (exact) mass is 591 g/mol. The van der Waals surface area contributed by atoms with Gasteiger partial charge >= 0.3 is 12.1 Å². The van der Waals surface area contributed by atoms with Crippen LogP contribution >= 0.6 is 11.6 Å². The minimum atomic E-state index is -1.33. The molecular weight excluding hydrogens is 566 g/mol. The molecule has 5 rings (SSSR count). The lowest BCUT2D eigenvalue weighted by Gasteiger charge is -2.21. The lowest BCUT2D eigenvalue weighted by Crippen LogP contribution is -2.30. The number of pyridine rings is 2. The number of aliphatic carboxylic acids is 1. The third kappa shape index (κ3) is 5.63. The van der Waals surface area contributed by atoms with E-state index in [4.69, 9.17) is 16.3 Å². The molecule has 42 heavy (non-hydrogen) atoms. The van der Waals surface area contributed by atoms with E-state index in [9.17, 15) is 24.3 Å². The number of benzene rings is 1. The summed E-state index contributed by atoms with van der Waals surface area (Å²) in [5.41, 5.74) is 1.29. The number of ether oxygens (including phenoxy) is 1. The van der Waals surface area contributed by atoms with Crippen molar-refractivity contribution in [2.75, 3.05) is 5.32 Å². The van der Waals surface area contributed by atoms with Gasteiger partial charge in [0.2, 0.25) is 0 Å². The van der Waals surface area contributed by atoms with Gasteiger partial charge in [0.15, 0.2) is 0 Å². The van der Waals surface area contributed by atoms with Gasteiger partial charge in [0.1, 0.15) is 24.3 Å². The molecule has 1 amide bonds. The summed E-state index contributed by atoms with van der Waals surface area (Å²) in [5.74, 6) is -2.80. The number of carboxylic acids is 1. The summed E-state index contributed by atoms with van der Waals surface area (Å²) >= 11 is 6.30. The number of hydrogen-bond acceptors (Lipinski definition) is 9. The van der Waals surface area contributed by atoms with E-state index < -0.39 is 41.1 Å². The van der Waals surface area contributed by atoms with Crippen LogP contribution in [-0.4, -0.2) is 58.8 Å². The van der Waals surface area contributed by atoms with E-state index in [1.54, 1.807) is 57.2 Å². The fourth-order valence-corrected chi connectivity index (χ4v) is 5.39. The second kappa shape index (κ2) is 11.2. The van der Waals surface area contributed by atoms with Crippen molar-refractivity contribution in [1.82, 2.24) is 29.8 Å². The van der Waals surface area contributed by atoms with E-state index >= 15 is 0 Å². The molecule has 13 nitrogen and oxygen atoms in total. The Kier molecular flexibility index (Phi) is 7.61. The van der Waals surface area contributed by atoms with Crippen LogP contribution in [0.1, 0.15) is 56.5 Å². The topological polar surface area (TPSA) is 171 Å². The van der Waals surface area contributed by atoms with Crippen molar-refractivity contribution >= 4 is 35.6 Å². The molecule has 4 aromatic rings. The van der Waals surface area contributed by atoms with Crippen LogP contribution in [0.4, 0.5) is 10.5 Å². The predicted molar refractivity (Wildman–Crippen MR) is 151 cm³/mol. The fourth-order valence-electron chi connectivity index (χ4n) is 5.22. The quantitative estimate of drug-likeness (QED) is 0.299. The third-order valence-electron chi connectivity index (χ3n) is 6.77. The van der Waals surface area contributed by atoms with Crippen molar-refractivity contribution in [2.24, 2.45) is 0 Å². The maximum atomic E-state index is 13.6. The van der Waals surface area contributed by atoms with Crippen LogP contribution in [0, 0.1) is 0 Å². The second-order valence-corrected chi connectivity index (χ2v) is 11.1. The number of carbonyl (C=O) groups excluding carboxylic acids is 2. The van der Waals surface area contributed by atoms with Gasteiger partial charge in [0, 0.05) is 46.3 Å². The molecule has 2 unspecified atom stereocenters. The molecule has 1 aromatic carbocycles. The lowest BCUT2D eigenvalue weighted by atomic mass is 9.83. The number of tetrazole rings is 1. The first-order valence-electron chi connectivity index (χ1n) is 12.9. The first-order valence-corrected chi connectivity index (χ1v) is 13.3. The van der Waals surface area contributed by atoms with Crippen molar-refractivity contribution in [1.29, 1.82) is 0 Å². The van der Waals surface area contributed by atoms with Crippen molar-refractivity contribution in [3.05, 3.63) is 81.8 Å². The van der Waals surface area contributed by atoms with Gasteiger partial charge in [-0.2, -0.15) is 4.68 Å². The summed E-state index contributed by atoms with van der Waals surface area (Å²) in [6.45, 7) is 5.20. The number of rotatable bonds is 7. The van der Waals surface area contributed by atoms with Gasteiger partial charge in [-0.3, -0.25) is 19.7 Å². The number of carboxylic acid groups (broad SMARTS) is 1. The van der Waals surface area contributed by atoms with Gasteiger partial charge in [-0.15, -0.1) is 5.10 Å². The molecule has 0 fully saturated rings. The minimum absolute atomic E-state index is 0.0632. The van der Waals surface area contributed by atoms with Gasteiger partial charge in [0.05, 0.1) is 17.6 Å². The zero-order chi connectivity index (χ0) is 30.2. The molecule has 3 aromatic heterocycles. The largest absolute Gasteiger partial charge is 0.480 e. The molecule has 0 saturated carbocycles. The first kappa shape index (κ1) is 28.6. The van der Waals surface area contributed by atoms with Crippen LogP contribution in [0.15, 0.2) is 59.8 Å². The number of amides is 1. The molecule has 0 spiro atoms. The van der Waals surface area contributed by atoms with E-state index in [0.29, 0.717) is 45.2 Å². The van der Waals surface area contributed by atoms with Crippen molar-refractivity contribution in [3.63, 3.8) is 0 Å². The van der Waals surface area contributed by atoms with Gasteiger partial charge in [0.25, 0.3) is 5.56 Å². The van der Waals surface area contributed by atoms with Crippen LogP contribution in [0.2, 0.25) is 5.02 Å². The number of nitrogens with zero attached hydrogens (tertiary/aromatic N) is 6. The van der Waals surface area contributed by atoms with E-state index in [1.807, 2.05) is 0 Å². The Labute approximate surface area is 244 Å². The lowest BCUT2D eigenvalue weighted by molar-refractivity contribution is -0.141. The zero-order valence-electron chi connectivity index (χ0n) is 22.8. The van der Waals surface area contributed by atoms with Gasteiger partial charge in [-0.05, 0) is 73.2 Å². The van der Waals surface area contributed by atoms with Gasteiger partial charge in [-0.1, -0.05) is 11.6 Å². The molecule has 0 saturated heterocycles. The highest BCUT2D eigenvalue weighted by Gasteiger charge is 2.47. The molecular formula is C28H26ClN7O6. The van der Waals surface area contributed by atoms with Crippen LogP contribution < -0.4 is 10.9 Å². The van der Waals surface area contributed by atoms with Gasteiger partial charge in [-0.25, -0.2) is 9.59 Å². The molecule has 14 heteroatoms. The third-order valence-corrected chi connectivity index (χ3v) is 7.01. The number of aldehydes is 1. The summed E-state index contributed by atoms with van der Waals surface area (Å²) in [6, 6.07) is 9.80. The molecule has 216 valence electrons. The Hall–Kier alpha value is -4.91. The molecule has 1 aliphatic heterocycles. The summed E-state index contributed by atoms with van der Waals surface area (Å²) < 4.78 is 7.87. The highest BCUT2D eigenvalue weighted by molar-refractivity contribution is 6.31. The van der Waals surface area contributed by atoms with Crippen LogP contribution in [0.25, 0.3) is 16.8 Å². The fraction of sp³-hybridized carbons (Fsp3) is 0.286. The molecule has 0 aliphatic carbocycles. The summed E-state index contributed by atoms with van der Waals surface area (Å²) in [7, 11) is 0. The molecule has 3 atom stereocenters. The smallest absolute Gasteiger partial charge is 0.412 e. The Balaban J connectivity index is 1.58. The van der Waals surface area contributed by atoms with Crippen molar-refractivity contribution in [3.8, 4) is 16.8 Å². The standard InChI is InChI=1S/C28H26ClN7O6/c1-28(2,3)42-27(41)32-17-5-6-20(30-13-17)24-18(8-9-37)22-10-15(11-23(38)36(22)25(24)26(39)40)19-12-16(29)4-7-21(19)35-14-31-33-34-35/h4-7,9-14,18,24-25H,8H2,1-3H3,(H,32,41)(H,39,40)/t18?,24?,25-/m0/s1. The number of carbonyl (C=O) groups is 3. The second-order valence-electron chi connectivity index (χ2n) is 10.7. The van der Waals surface area contributed by atoms with Crippen molar-refractivity contribution < 1.29 is 24.2 Å². The minimum Gasteiger partial charge on any atom is -0.480 e. The van der Waals surface area contributed by atoms with Gasteiger partial charge < -0.3 is 14.6 Å². The van der Waals surface area contributed by atoms with Crippen LogP contribution in [0.3, 0.4) is 0 Å². The number of fused-ring (bicyclic) bond motifs is 1. The number of hydrogen-bond donors (Lipinski definition) is 2. The number of aromatic nitrogens is 6. The summed E-state index contributed by atoms with van der Waals surface area (Å²) in [6.07, 6.45) is 2.72. The van der Waals surface area contributed by atoms with Crippen molar-refractivity contribution in [2.45, 2.75) is 50.7 Å². The van der Waals surface area contributed by atoms with E-state index in [-0.39, 0.29) is 6.42 Å². The Bertz CT molecular complexity index is 1710. The maximum Gasteiger partial charge on any atom is 0.412 e. The molecule has 0 radical (unpaired) electrons. The molecule has 2 N–H and O–H groups in total. The highest BCUT2D eigenvalue weighted by atomic mass is 35.5. The number of nitrogens with one attached hydrogen (secondary N) is 1. The van der Waals surface area contributed by atoms with Crippen LogP contribution in [0.5, 0.6) is 0 Å². The molecule has 4 heterocycles. The van der Waals surface area contributed by atoms with E-state index in [0.717, 1.165) is 0 Å². The average molecular weight is 592 g/mol. The predicted octanol–water partition coefficient (Wildman–Crippen LogP) is 3.98. The van der Waals surface area contributed by atoms with E-state index in [1.165, 1.54) is 27.8 Å².